The Bertz CT molecular complexity index is 1250. The Balaban J connectivity index is 0.000000736. The van der Waals surface area contributed by atoms with E-state index in [1.807, 2.05) is 79.7 Å². The van der Waals surface area contributed by atoms with Crippen LogP contribution in [0.1, 0.15) is 108 Å². The van der Waals surface area contributed by atoms with E-state index >= 15 is 0 Å². The van der Waals surface area contributed by atoms with Crippen molar-refractivity contribution in [2.75, 3.05) is 14.1 Å². The van der Waals surface area contributed by atoms with Gasteiger partial charge < -0.3 is 4.79 Å². The number of benzene rings is 2. The molecule has 0 aliphatic carbocycles. The zero-order chi connectivity index (χ0) is 33.3. The highest BCUT2D eigenvalue weighted by molar-refractivity contribution is 6.43. The lowest BCUT2D eigenvalue weighted by atomic mass is 9.92. The van der Waals surface area contributed by atoms with E-state index in [1.165, 1.54) is 14.1 Å². The monoisotopic (exact) mass is 594 g/mol. The van der Waals surface area contributed by atoms with Crippen molar-refractivity contribution < 1.29 is 24.0 Å². The number of likely N-dealkylation sites (N-methyl/N-ethyl adjacent to an activating group) is 2. The third-order valence-corrected chi connectivity index (χ3v) is 6.48. The molecule has 0 aromatic heterocycles. The molecule has 0 aliphatic heterocycles. The first kappa shape index (κ1) is 39.0. The Kier molecular flexibility index (Phi) is 18.2. The van der Waals surface area contributed by atoms with Gasteiger partial charge in [-0.2, -0.15) is 5.10 Å². The number of hydrazone groups is 1. The maximum Gasteiger partial charge on any atom is 0.314 e. The van der Waals surface area contributed by atoms with Crippen molar-refractivity contribution in [2.45, 2.75) is 93.9 Å². The molecule has 0 atom stereocenters. The van der Waals surface area contributed by atoms with E-state index in [0.717, 1.165) is 81.8 Å². The van der Waals surface area contributed by atoms with E-state index in [-0.39, 0.29) is 0 Å². The molecule has 0 radical (unpaired) electrons. The third-order valence-electron chi connectivity index (χ3n) is 6.48. The molecule has 2 aromatic carbocycles. The van der Waals surface area contributed by atoms with Crippen LogP contribution in [0.2, 0.25) is 0 Å². The average Bonchev–Trinajstić information content (AvgIpc) is 3.01. The van der Waals surface area contributed by atoms with E-state index in [4.69, 9.17) is 5.84 Å². The van der Waals surface area contributed by atoms with Gasteiger partial charge in [0.05, 0.1) is 0 Å². The lowest BCUT2D eigenvalue weighted by Gasteiger charge is -2.15. The van der Waals surface area contributed by atoms with Crippen LogP contribution in [0, 0.1) is 13.8 Å². The maximum atomic E-state index is 12.6. The standard InChI is InChI=1S/C17H24N2O2.C14H20N2O2.C3H6O/c1-6-9-18-19(5)17(21)16(20)15-13(7-2)10-12(4)11-14(15)8-3;1-5-10-7-9(3)8-11(6-2)12(10)13(17)14(18)16(4)15;1-2-3-4/h9-11H,6-8H2,1-5H3;7-8H,5-6,15H2,1-4H3;3H,2H2,1H3. The minimum absolute atomic E-state index is 0.473. The fourth-order valence-corrected chi connectivity index (χ4v) is 4.36. The van der Waals surface area contributed by atoms with Crippen LogP contribution >= 0.6 is 0 Å². The first-order chi connectivity index (χ1) is 20.3. The van der Waals surface area contributed by atoms with Crippen LogP contribution in [-0.2, 0) is 40.1 Å². The van der Waals surface area contributed by atoms with Crippen LogP contribution in [0.3, 0.4) is 0 Å². The van der Waals surface area contributed by atoms with Gasteiger partial charge in [0.15, 0.2) is 0 Å². The number of carbonyl (C=O) groups is 5. The van der Waals surface area contributed by atoms with Crippen molar-refractivity contribution in [3.05, 3.63) is 68.8 Å². The highest BCUT2D eigenvalue weighted by Gasteiger charge is 2.25. The Morgan fingerprint density at radius 2 is 1.00 bits per heavy atom. The normalized spacial score (nSPS) is 10.2. The summed E-state index contributed by atoms with van der Waals surface area (Å²) in [7, 11) is 2.89. The molecule has 0 bridgehead atoms. The number of nitrogens with two attached hydrogens (primary N) is 1. The van der Waals surface area contributed by atoms with Crippen LogP contribution in [0.15, 0.2) is 29.4 Å². The molecular weight excluding hydrogens is 544 g/mol. The Labute approximate surface area is 257 Å². The number of rotatable bonds is 11. The molecule has 0 unspecified atom stereocenters. The summed E-state index contributed by atoms with van der Waals surface area (Å²) in [6.07, 6.45) is 6.74. The topological polar surface area (TPSA) is 130 Å². The van der Waals surface area contributed by atoms with Crippen molar-refractivity contribution >= 4 is 35.9 Å². The van der Waals surface area contributed by atoms with Crippen LogP contribution in [0.25, 0.3) is 0 Å². The molecule has 0 aliphatic rings. The second-order valence-electron chi connectivity index (χ2n) is 10.0. The molecule has 0 spiro atoms. The van der Waals surface area contributed by atoms with Gasteiger partial charge in [-0.3, -0.25) is 24.2 Å². The minimum atomic E-state index is -0.678. The molecule has 236 valence electrons. The number of nitrogens with zero attached hydrogens (tertiary/aromatic N) is 3. The van der Waals surface area contributed by atoms with E-state index in [2.05, 4.69) is 5.10 Å². The first-order valence-electron chi connectivity index (χ1n) is 14.9. The number of carbonyl (C=O) groups excluding carboxylic acids is 5. The van der Waals surface area contributed by atoms with Gasteiger partial charge >= 0.3 is 11.8 Å². The molecule has 2 aromatic rings. The average molecular weight is 595 g/mol. The Hall–Kier alpha value is -3.98. The summed E-state index contributed by atoms with van der Waals surface area (Å²) < 4.78 is 0. The Morgan fingerprint density at radius 1 is 0.674 bits per heavy atom. The molecule has 9 heteroatoms. The smallest absolute Gasteiger partial charge is 0.303 e. The fraction of sp³-hybridized carbons (Fsp3) is 0.471. The number of hydrogen-bond acceptors (Lipinski definition) is 7. The molecule has 9 nitrogen and oxygen atoms in total. The molecule has 0 heterocycles. The second kappa shape index (κ2) is 20.0. The minimum Gasteiger partial charge on any atom is -0.303 e. The van der Waals surface area contributed by atoms with Crippen molar-refractivity contribution in [2.24, 2.45) is 10.9 Å². The van der Waals surface area contributed by atoms with Gasteiger partial charge in [0, 0.05) is 37.9 Å². The lowest BCUT2D eigenvalue weighted by molar-refractivity contribution is -0.125. The molecule has 43 heavy (non-hydrogen) atoms. The van der Waals surface area contributed by atoms with Gasteiger partial charge in [-0.25, -0.2) is 10.9 Å². The molecule has 2 rings (SSSR count). The van der Waals surface area contributed by atoms with Crippen LogP contribution < -0.4 is 5.84 Å². The van der Waals surface area contributed by atoms with Gasteiger partial charge in [0.2, 0.25) is 0 Å². The van der Waals surface area contributed by atoms with E-state index in [9.17, 15) is 24.0 Å². The number of ketones is 2. The summed E-state index contributed by atoms with van der Waals surface area (Å²) in [5.41, 5.74) is 6.97. The number of aryl methyl sites for hydroxylation is 6. The van der Waals surface area contributed by atoms with Gasteiger partial charge in [-0.05, 0) is 68.2 Å². The van der Waals surface area contributed by atoms with E-state index < -0.39 is 23.4 Å². The summed E-state index contributed by atoms with van der Waals surface area (Å²) >= 11 is 0. The SMILES string of the molecule is CCC=NN(C)C(=O)C(=O)c1c(CC)cc(C)cc1CC.CCC=O.CCc1cc(C)cc(CC)c1C(=O)C(=O)N(C)N. The number of hydrazine groups is 1. The highest BCUT2D eigenvalue weighted by Crippen LogP contribution is 2.22. The van der Waals surface area contributed by atoms with Crippen LogP contribution in [-0.4, -0.2) is 60.0 Å². The molecule has 0 saturated heterocycles. The molecular formula is C34H50N4O5. The molecule has 0 fully saturated rings. The Morgan fingerprint density at radius 3 is 1.26 bits per heavy atom. The third kappa shape index (κ3) is 11.7. The predicted molar refractivity (Wildman–Crippen MR) is 173 cm³/mol. The van der Waals surface area contributed by atoms with Crippen molar-refractivity contribution in [1.82, 2.24) is 10.0 Å². The van der Waals surface area contributed by atoms with Crippen molar-refractivity contribution in [1.29, 1.82) is 0 Å². The molecule has 0 saturated carbocycles. The lowest BCUT2D eigenvalue weighted by Crippen LogP contribution is -2.39. The number of aldehydes is 1. The largest absolute Gasteiger partial charge is 0.314 e. The van der Waals surface area contributed by atoms with E-state index in [1.54, 1.807) is 6.21 Å². The second-order valence-corrected chi connectivity index (χ2v) is 10.0. The predicted octanol–water partition coefficient (Wildman–Crippen LogP) is 5.39. The summed E-state index contributed by atoms with van der Waals surface area (Å²) in [6, 6.07) is 7.87. The molecule has 2 N–H and O–H groups in total. The van der Waals surface area contributed by atoms with E-state index in [0.29, 0.717) is 17.5 Å². The summed E-state index contributed by atoms with van der Waals surface area (Å²) in [5, 5.41) is 5.91. The zero-order valence-corrected chi connectivity index (χ0v) is 27.7. The summed E-state index contributed by atoms with van der Waals surface area (Å²) in [6.45, 7) is 15.7. The number of hydrogen-bond donors (Lipinski definition) is 1. The quantitative estimate of drug-likeness (QED) is 0.0706. The summed E-state index contributed by atoms with van der Waals surface area (Å²) in [5.74, 6) is 3.09. The molecule has 2 amide bonds. The maximum absolute atomic E-state index is 12.6. The first-order valence-corrected chi connectivity index (χ1v) is 14.9. The van der Waals surface area contributed by atoms with Gasteiger partial charge in [0.1, 0.15) is 6.29 Å². The zero-order valence-electron chi connectivity index (χ0n) is 27.7. The van der Waals surface area contributed by atoms with Crippen LogP contribution in [0.5, 0.6) is 0 Å². The summed E-state index contributed by atoms with van der Waals surface area (Å²) in [4.78, 5) is 57.9. The fourth-order valence-electron chi connectivity index (χ4n) is 4.36. The van der Waals surface area contributed by atoms with Crippen molar-refractivity contribution in [3.8, 4) is 0 Å². The van der Waals surface area contributed by atoms with Crippen molar-refractivity contribution in [3.63, 3.8) is 0 Å². The number of Topliss-reactive ketones (excluding diaryl/α,β-unsaturated/α-hetero) is 2. The number of amides is 2. The highest BCUT2D eigenvalue weighted by atomic mass is 16.2. The van der Waals surface area contributed by atoms with Gasteiger partial charge in [-0.1, -0.05) is 76.9 Å². The van der Waals surface area contributed by atoms with Gasteiger partial charge in [0.25, 0.3) is 11.6 Å². The van der Waals surface area contributed by atoms with Gasteiger partial charge in [-0.15, -0.1) is 0 Å². The van der Waals surface area contributed by atoms with Crippen LogP contribution in [0.4, 0.5) is 0 Å².